The molecule has 1 aromatic rings. The number of nitrogens with zero attached hydrogens (tertiary/aromatic N) is 1. The van der Waals surface area contributed by atoms with Crippen LogP contribution in [-0.2, 0) is 4.79 Å². The van der Waals surface area contributed by atoms with Crippen LogP contribution in [-0.4, -0.2) is 25.0 Å². The lowest BCUT2D eigenvalue weighted by Gasteiger charge is -2.32. The van der Waals surface area contributed by atoms with Crippen LogP contribution in [0.1, 0.15) is 12.8 Å². The van der Waals surface area contributed by atoms with Crippen molar-refractivity contribution in [3.05, 3.63) is 30.1 Å². The van der Waals surface area contributed by atoms with Crippen molar-refractivity contribution in [3.8, 4) is 0 Å². The molecule has 0 radical (unpaired) electrons. The average molecular weight is 251 g/mol. The normalized spacial score (nSPS) is 18.2. The molecular formula is C13H18FN3O. The summed E-state index contributed by atoms with van der Waals surface area (Å²) in [5.74, 6) is -0.736. The van der Waals surface area contributed by atoms with Crippen LogP contribution in [0.4, 0.5) is 10.1 Å². The van der Waals surface area contributed by atoms with Crippen molar-refractivity contribution in [2.24, 2.45) is 17.4 Å². The van der Waals surface area contributed by atoms with Crippen molar-refractivity contribution < 1.29 is 9.18 Å². The van der Waals surface area contributed by atoms with E-state index in [2.05, 4.69) is 0 Å². The van der Waals surface area contributed by atoms with E-state index in [1.54, 1.807) is 30.1 Å². The van der Waals surface area contributed by atoms with Crippen molar-refractivity contribution in [3.63, 3.8) is 0 Å². The third-order valence-electron chi connectivity index (χ3n) is 3.53. The van der Waals surface area contributed by atoms with Gasteiger partial charge in [0.05, 0.1) is 5.69 Å². The van der Waals surface area contributed by atoms with Gasteiger partial charge in [-0.25, -0.2) is 4.39 Å². The number of primary amides is 1. The Morgan fingerprint density at radius 2 is 2.11 bits per heavy atom. The van der Waals surface area contributed by atoms with Gasteiger partial charge in [0.15, 0.2) is 0 Å². The summed E-state index contributed by atoms with van der Waals surface area (Å²) in [7, 11) is 1.71. The lowest BCUT2D eigenvalue weighted by molar-refractivity contribution is -0.123. The van der Waals surface area contributed by atoms with Gasteiger partial charge < -0.3 is 16.4 Å². The summed E-state index contributed by atoms with van der Waals surface area (Å²) in [5.41, 5.74) is 10.8. The number of rotatable bonds is 5. The molecule has 2 rings (SSSR count). The largest absolute Gasteiger partial charge is 0.370 e. The van der Waals surface area contributed by atoms with E-state index in [1.165, 1.54) is 6.07 Å². The number of likely N-dealkylation sites (N-methyl/N-ethyl adjacent to an activating group) is 1. The summed E-state index contributed by atoms with van der Waals surface area (Å²) in [6.07, 6.45) is 1.81. The van der Waals surface area contributed by atoms with Crippen LogP contribution in [0.5, 0.6) is 0 Å². The van der Waals surface area contributed by atoms with Gasteiger partial charge in [-0.05, 0) is 30.9 Å². The van der Waals surface area contributed by atoms with Crippen molar-refractivity contribution >= 4 is 11.6 Å². The molecule has 1 saturated carbocycles. The van der Waals surface area contributed by atoms with Gasteiger partial charge >= 0.3 is 0 Å². The molecule has 5 heteroatoms. The number of halogens is 1. The molecule has 1 fully saturated rings. The Balaban J connectivity index is 2.17. The summed E-state index contributed by atoms with van der Waals surface area (Å²) in [4.78, 5) is 13.2. The smallest absolute Gasteiger partial charge is 0.239 e. The zero-order chi connectivity index (χ0) is 13.3. The van der Waals surface area contributed by atoms with Crippen molar-refractivity contribution in [2.75, 3.05) is 18.5 Å². The van der Waals surface area contributed by atoms with Crippen LogP contribution in [0.3, 0.4) is 0 Å². The van der Waals surface area contributed by atoms with Crippen molar-refractivity contribution in [1.82, 2.24) is 0 Å². The second-order valence-electron chi connectivity index (χ2n) is 4.99. The second kappa shape index (κ2) is 4.57. The summed E-state index contributed by atoms with van der Waals surface area (Å²) in [6, 6.07) is 6.40. The number of nitrogens with two attached hydrogens (primary N) is 2. The summed E-state index contributed by atoms with van der Waals surface area (Å²) >= 11 is 0. The fourth-order valence-corrected chi connectivity index (χ4v) is 2.25. The molecule has 0 heterocycles. The fourth-order valence-electron chi connectivity index (χ4n) is 2.25. The molecule has 1 aliphatic rings. The summed E-state index contributed by atoms with van der Waals surface area (Å²) in [6.45, 7) is 0.230. The van der Waals surface area contributed by atoms with Gasteiger partial charge in [0.1, 0.15) is 11.4 Å². The Kier molecular flexibility index (Phi) is 3.26. The van der Waals surface area contributed by atoms with E-state index in [0.717, 1.165) is 12.8 Å². The van der Waals surface area contributed by atoms with Gasteiger partial charge in [-0.1, -0.05) is 12.1 Å². The molecule has 0 bridgehead atoms. The van der Waals surface area contributed by atoms with E-state index >= 15 is 0 Å². The topological polar surface area (TPSA) is 72.3 Å². The number of carbonyl (C=O) groups excluding carboxylic acids is 1. The first-order valence-electron chi connectivity index (χ1n) is 5.99. The minimum absolute atomic E-state index is 0.115. The molecule has 4 nitrogen and oxygen atoms in total. The zero-order valence-electron chi connectivity index (χ0n) is 10.4. The van der Waals surface area contributed by atoms with Gasteiger partial charge in [0.25, 0.3) is 0 Å². The van der Waals surface area contributed by atoms with Gasteiger partial charge in [-0.2, -0.15) is 0 Å². The molecule has 18 heavy (non-hydrogen) atoms. The van der Waals surface area contributed by atoms with Crippen LogP contribution >= 0.6 is 0 Å². The SMILES string of the molecule is CN(CC(N)(C(N)=O)C1CC1)c1ccccc1F. The maximum absolute atomic E-state index is 13.6. The molecule has 1 unspecified atom stereocenters. The standard InChI is InChI=1S/C13H18FN3O/c1-17(11-5-3-2-4-10(11)14)8-13(16,12(15)18)9-6-7-9/h2-5,9H,6-8,16H2,1H3,(H2,15,18). The van der Waals surface area contributed by atoms with Crippen molar-refractivity contribution in [1.29, 1.82) is 0 Å². The predicted octanol–water partition coefficient (Wildman–Crippen LogP) is 0.855. The van der Waals surface area contributed by atoms with E-state index in [9.17, 15) is 9.18 Å². The van der Waals surface area contributed by atoms with Crippen LogP contribution in [0.25, 0.3) is 0 Å². The zero-order valence-corrected chi connectivity index (χ0v) is 10.4. The van der Waals surface area contributed by atoms with Crippen LogP contribution < -0.4 is 16.4 Å². The molecule has 1 atom stereocenters. The van der Waals surface area contributed by atoms with Crippen molar-refractivity contribution in [2.45, 2.75) is 18.4 Å². The molecule has 1 aliphatic carbocycles. The number of carbonyl (C=O) groups is 1. The first kappa shape index (κ1) is 12.8. The molecule has 98 valence electrons. The quantitative estimate of drug-likeness (QED) is 0.815. The van der Waals surface area contributed by atoms with Gasteiger partial charge in [-0.15, -0.1) is 0 Å². The molecule has 0 aliphatic heterocycles. The van der Waals surface area contributed by atoms with Gasteiger partial charge in [0, 0.05) is 13.6 Å². The van der Waals surface area contributed by atoms with Gasteiger partial charge in [0.2, 0.25) is 5.91 Å². The number of hydrogen-bond donors (Lipinski definition) is 2. The molecular weight excluding hydrogens is 233 g/mol. The Hall–Kier alpha value is -1.62. The molecule has 4 N–H and O–H groups in total. The predicted molar refractivity (Wildman–Crippen MR) is 68.5 cm³/mol. The average Bonchev–Trinajstić information content (AvgIpc) is 3.13. The summed E-state index contributed by atoms with van der Waals surface area (Å²) in [5, 5.41) is 0. The highest BCUT2D eigenvalue weighted by Crippen LogP contribution is 2.39. The number of anilines is 1. The lowest BCUT2D eigenvalue weighted by atomic mass is 9.93. The Bertz CT molecular complexity index is 461. The molecule has 0 spiro atoms. The molecule has 0 aromatic heterocycles. The maximum atomic E-state index is 13.6. The van der Waals surface area contributed by atoms with Crippen LogP contribution in [0.15, 0.2) is 24.3 Å². The Labute approximate surface area is 106 Å². The van der Waals surface area contributed by atoms with Gasteiger partial charge in [-0.3, -0.25) is 4.79 Å². The number of amides is 1. The highest BCUT2D eigenvalue weighted by atomic mass is 19.1. The van der Waals surface area contributed by atoms with E-state index in [0.29, 0.717) is 5.69 Å². The Morgan fingerprint density at radius 3 is 2.61 bits per heavy atom. The lowest BCUT2D eigenvalue weighted by Crippen LogP contribution is -2.60. The number of benzene rings is 1. The number of hydrogen-bond acceptors (Lipinski definition) is 3. The first-order valence-corrected chi connectivity index (χ1v) is 5.99. The van der Waals surface area contributed by atoms with Crippen LogP contribution in [0.2, 0.25) is 0 Å². The Morgan fingerprint density at radius 1 is 1.50 bits per heavy atom. The van der Waals surface area contributed by atoms with E-state index in [-0.39, 0.29) is 18.3 Å². The molecule has 0 saturated heterocycles. The molecule has 1 amide bonds. The highest BCUT2D eigenvalue weighted by Gasteiger charge is 2.47. The minimum atomic E-state index is -1.07. The fraction of sp³-hybridized carbons (Fsp3) is 0.462. The maximum Gasteiger partial charge on any atom is 0.239 e. The monoisotopic (exact) mass is 251 g/mol. The number of para-hydroxylation sites is 1. The van der Waals surface area contributed by atoms with E-state index < -0.39 is 11.4 Å². The van der Waals surface area contributed by atoms with E-state index in [4.69, 9.17) is 11.5 Å². The summed E-state index contributed by atoms with van der Waals surface area (Å²) < 4.78 is 13.6. The minimum Gasteiger partial charge on any atom is -0.370 e. The molecule has 1 aromatic carbocycles. The second-order valence-corrected chi connectivity index (χ2v) is 4.99. The highest BCUT2D eigenvalue weighted by molar-refractivity contribution is 5.86. The third-order valence-corrected chi connectivity index (χ3v) is 3.53. The first-order chi connectivity index (χ1) is 8.45. The van der Waals surface area contributed by atoms with Crippen LogP contribution in [0, 0.1) is 11.7 Å². The third kappa shape index (κ3) is 2.31. The van der Waals surface area contributed by atoms with E-state index in [1.807, 2.05) is 0 Å².